The Kier molecular flexibility index (Phi) is 4.09. The van der Waals surface area contributed by atoms with E-state index in [1.807, 2.05) is 33.8 Å². The average molecular weight is 436 g/mol. The molecule has 0 unspecified atom stereocenters. The van der Waals surface area contributed by atoms with E-state index in [0.29, 0.717) is 16.7 Å². The van der Waals surface area contributed by atoms with E-state index in [0.717, 1.165) is 11.6 Å². The second-order valence-corrected chi connectivity index (χ2v) is 9.32. The summed E-state index contributed by atoms with van der Waals surface area (Å²) in [4.78, 5) is 13.4. The lowest BCUT2D eigenvalue weighted by atomic mass is 9.74. The van der Waals surface area contributed by atoms with E-state index in [9.17, 15) is 25.2 Å². The predicted octanol–water partition coefficient (Wildman–Crippen LogP) is 4.60. The molecule has 32 heavy (non-hydrogen) atoms. The van der Waals surface area contributed by atoms with Crippen molar-refractivity contribution < 1.29 is 29.6 Å². The van der Waals surface area contributed by atoms with Crippen molar-refractivity contribution in [2.75, 3.05) is 0 Å². The number of phenolic OH excluding ortho intramolecular Hbond substituents is 4. The predicted molar refractivity (Wildman–Crippen MR) is 119 cm³/mol. The largest absolute Gasteiger partial charge is 0.508 e. The molecule has 4 N–H and O–H groups in total. The van der Waals surface area contributed by atoms with Crippen LogP contribution in [0.4, 0.5) is 0 Å². The molecule has 1 aliphatic heterocycles. The number of hydrogen-bond acceptors (Lipinski definition) is 7. The van der Waals surface area contributed by atoms with Gasteiger partial charge in [-0.25, -0.2) is 0 Å². The summed E-state index contributed by atoms with van der Waals surface area (Å²) >= 11 is 0. The molecule has 1 aromatic heterocycles. The van der Waals surface area contributed by atoms with Crippen LogP contribution in [0.3, 0.4) is 0 Å². The van der Waals surface area contributed by atoms with Crippen LogP contribution >= 0.6 is 0 Å². The van der Waals surface area contributed by atoms with Crippen LogP contribution in [0.15, 0.2) is 33.0 Å². The highest BCUT2D eigenvalue weighted by Crippen LogP contribution is 2.61. The number of benzene rings is 2. The lowest BCUT2D eigenvalue weighted by Gasteiger charge is -2.30. The van der Waals surface area contributed by atoms with Crippen molar-refractivity contribution in [2.24, 2.45) is 0 Å². The molecule has 0 radical (unpaired) electrons. The Hall–Kier alpha value is -3.61. The third-order valence-corrected chi connectivity index (χ3v) is 6.49. The van der Waals surface area contributed by atoms with Crippen LogP contribution < -0.4 is 10.2 Å². The molecule has 0 fully saturated rings. The molecular weight excluding hydrogens is 412 g/mol. The quantitative estimate of drug-likeness (QED) is 0.433. The zero-order chi connectivity index (χ0) is 23.1. The third kappa shape index (κ3) is 2.63. The number of allylic oxidation sites excluding steroid dienone is 2. The average Bonchev–Trinajstić information content (AvgIpc) is 2.96. The first-order valence-electron chi connectivity index (χ1n) is 10.5. The molecule has 166 valence electrons. The first kappa shape index (κ1) is 20.3. The van der Waals surface area contributed by atoms with E-state index in [-0.39, 0.29) is 69.8 Å². The van der Waals surface area contributed by atoms with Gasteiger partial charge in [0.2, 0.25) is 0 Å². The Balaban J connectivity index is 1.91. The van der Waals surface area contributed by atoms with Gasteiger partial charge < -0.3 is 29.6 Å². The van der Waals surface area contributed by atoms with Gasteiger partial charge in [-0.3, -0.25) is 4.79 Å². The van der Waals surface area contributed by atoms with Gasteiger partial charge in [0.15, 0.2) is 16.9 Å². The number of ether oxygens (including phenoxy) is 1. The van der Waals surface area contributed by atoms with Gasteiger partial charge >= 0.3 is 0 Å². The maximum absolute atomic E-state index is 13.4. The monoisotopic (exact) mass is 436 g/mol. The molecule has 1 aliphatic carbocycles. The highest BCUT2D eigenvalue weighted by atomic mass is 16.5. The summed E-state index contributed by atoms with van der Waals surface area (Å²) in [5, 5.41) is 42.4. The highest BCUT2D eigenvalue weighted by molar-refractivity contribution is 5.90. The molecule has 2 aliphatic rings. The Bertz CT molecular complexity index is 1400. The fourth-order valence-electron chi connectivity index (χ4n) is 4.88. The van der Waals surface area contributed by atoms with Crippen LogP contribution in [0.5, 0.6) is 28.7 Å². The van der Waals surface area contributed by atoms with E-state index in [1.165, 1.54) is 6.07 Å². The van der Waals surface area contributed by atoms with Gasteiger partial charge in [0.05, 0.1) is 5.56 Å². The lowest BCUT2D eigenvalue weighted by Crippen LogP contribution is -2.34. The molecule has 1 atom stereocenters. The summed E-state index contributed by atoms with van der Waals surface area (Å²) < 4.78 is 12.2. The summed E-state index contributed by atoms with van der Waals surface area (Å²) in [6, 6.07) is 2.35. The van der Waals surface area contributed by atoms with Crippen molar-refractivity contribution in [3.63, 3.8) is 0 Å². The normalized spacial score (nSPS) is 17.6. The fraction of sp³-hybridized carbons (Fsp3) is 0.320. The minimum absolute atomic E-state index is 0.00921. The molecule has 0 bridgehead atoms. The van der Waals surface area contributed by atoms with Crippen LogP contribution in [0.1, 0.15) is 50.3 Å². The van der Waals surface area contributed by atoms with Crippen molar-refractivity contribution in [2.45, 2.75) is 52.1 Å². The lowest BCUT2D eigenvalue weighted by molar-refractivity contribution is 0.106. The summed E-state index contributed by atoms with van der Waals surface area (Å²) in [6.45, 7) is 7.58. The molecule has 0 amide bonds. The number of aromatic hydroxyl groups is 4. The second kappa shape index (κ2) is 6.45. The summed E-state index contributed by atoms with van der Waals surface area (Å²) in [7, 11) is 0. The number of phenols is 4. The Morgan fingerprint density at radius 1 is 1.16 bits per heavy atom. The van der Waals surface area contributed by atoms with Crippen molar-refractivity contribution in [3.05, 3.63) is 50.7 Å². The minimum atomic E-state index is -0.744. The van der Waals surface area contributed by atoms with Crippen LogP contribution in [0, 0.1) is 0 Å². The molecular formula is C25H24O7. The van der Waals surface area contributed by atoms with Crippen LogP contribution in [-0.4, -0.2) is 26.0 Å². The molecule has 0 spiro atoms. The van der Waals surface area contributed by atoms with E-state index in [1.54, 1.807) is 0 Å². The van der Waals surface area contributed by atoms with E-state index in [2.05, 4.69) is 0 Å². The van der Waals surface area contributed by atoms with Crippen LogP contribution in [0.25, 0.3) is 22.3 Å². The van der Waals surface area contributed by atoms with Crippen molar-refractivity contribution in [3.8, 4) is 40.1 Å². The van der Waals surface area contributed by atoms with E-state index in [4.69, 9.17) is 9.15 Å². The van der Waals surface area contributed by atoms with E-state index >= 15 is 0 Å². The van der Waals surface area contributed by atoms with Gasteiger partial charge in [-0.05, 0) is 40.5 Å². The molecule has 2 heterocycles. The minimum Gasteiger partial charge on any atom is -0.508 e. The molecule has 7 heteroatoms. The zero-order valence-corrected chi connectivity index (χ0v) is 18.2. The summed E-state index contributed by atoms with van der Waals surface area (Å²) in [5.74, 6) is -0.762. The molecule has 2 aromatic carbocycles. The zero-order valence-electron chi connectivity index (χ0n) is 18.2. The number of fused-ring (bicyclic) bond motifs is 3. The maximum atomic E-state index is 13.4. The first-order chi connectivity index (χ1) is 15.0. The fourth-order valence-corrected chi connectivity index (χ4v) is 4.88. The summed E-state index contributed by atoms with van der Waals surface area (Å²) in [5.41, 5.74) is 1.37. The molecule has 5 rings (SSSR count). The maximum Gasteiger partial charge on any atom is 0.200 e. The summed E-state index contributed by atoms with van der Waals surface area (Å²) in [6.07, 6.45) is 2.40. The second-order valence-electron chi connectivity index (χ2n) is 9.32. The molecule has 0 saturated heterocycles. The number of rotatable bonds is 2. The Morgan fingerprint density at radius 3 is 2.56 bits per heavy atom. The highest BCUT2D eigenvalue weighted by Gasteiger charge is 2.50. The van der Waals surface area contributed by atoms with Gasteiger partial charge in [-0.15, -0.1) is 0 Å². The van der Waals surface area contributed by atoms with Gasteiger partial charge in [-0.2, -0.15) is 0 Å². The van der Waals surface area contributed by atoms with Gasteiger partial charge in [0.1, 0.15) is 39.6 Å². The van der Waals surface area contributed by atoms with Crippen molar-refractivity contribution >= 4 is 11.0 Å². The van der Waals surface area contributed by atoms with Crippen molar-refractivity contribution in [1.29, 1.82) is 0 Å². The van der Waals surface area contributed by atoms with Crippen LogP contribution in [-0.2, 0) is 12.8 Å². The smallest absolute Gasteiger partial charge is 0.200 e. The standard InChI is InChI=1S/C25H24O7/c1-10(2)5-6-12-20(28)19-17-14(25(3,4)32-24(17)22(12)30)9-13-21(29)18-15(27)7-11(26)8-16(18)31-23(13)19/h5,7-8,14,26-28,30H,6,9H2,1-4H3/t14-/m0/s1. The Labute approximate surface area is 183 Å². The van der Waals surface area contributed by atoms with Crippen molar-refractivity contribution in [1.82, 2.24) is 0 Å². The van der Waals surface area contributed by atoms with Crippen LogP contribution in [0.2, 0.25) is 0 Å². The molecule has 3 aromatic rings. The van der Waals surface area contributed by atoms with Gasteiger partial charge in [0, 0.05) is 34.7 Å². The van der Waals surface area contributed by atoms with E-state index < -0.39 is 11.0 Å². The molecule has 0 saturated carbocycles. The first-order valence-corrected chi connectivity index (χ1v) is 10.5. The SMILES string of the molecule is CC(C)=CCc1c(O)c2c3c(c1O)-c1oc4cc(O)cc(O)c4c(=O)c1C[C@@H]3C(C)(C)O2. The number of hydrogen-bond donors (Lipinski definition) is 4. The van der Waals surface area contributed by atoms with Gasteiger partial charge in [0.25, 0.3) is 0 Å². The topological polar surface area (TPSA) is 120 Å². The Morgan fingerprint density at radius 2 is 1.88 bits per heavy atom. The third-order valence-electron chi connectivity index (χ3n) is 6.49. The van der Waals surface area contributed by atoms with Gasteiger partial charge in [-0.1, -0.05) is 11.6 Å². The molecule has 7 nitrogen and oxygen atoms in total.